The van der Waals surface area contributed by atoms with Crippen LogP contribution in [0.4, 0.5) is 0 Å². The number of hydrogen-bond donors (Lipinski definition) is 0. The molecule has 0 amide bonds. The number of rotatable bonds is 3. The molecule has 4 rings (SSSR count). The van der Waals surface area contributed by atoms with E-state index >= 15 is 0 Å². The topological polar surface area (TPSA) is 56.9 Å². The highest BCUT2D eigenvalue weighted by molar-refractivity contribution is 6.42. The predicted octanol–water partition coefficient (Wildman–Crippen LogP) is 5.66. The van der Waals surface area contributed by atoms with Gasteiger partial charge in [0.05, 0.1) is 31.5 Å². The van der Waals surface area contributed by atoms with Crippen molar-refractivity contribution in [2.75, 3.05) is 0 Å². The number of halogens is 4. The Balaban J connectivity index is 2.09. The van der Waals surface area contributed by atoms with E-state index < -0.39 is 11.4 Å². The Morgan fingerprint density at radius 2 is 1.17 bits per heavy atom. The summed E-state index contributed by atoms with van der Waals surface area (Å²) >= 11 is 24.3. The Bertz CT molecular complexity index is 1380. The molecule has 0 unspecified atom stereocenters. The summed E-state index contributed by atoms with van der Waals surface area (Å²) in [5.41, 5.74) is -0.187. The Hall–Kier alpha value is -2.57. The lowest BCUT2D eigenvalue weighted by atomic mass is 10.2. The highest BCUT2D eigenvalue weighted by Gasteiger charge is 2.18. The van der Waals surface area contributed by atoms with Crippen LogP contribution in [0, 0.1) is 0 Å². The Labute approximate surface area is 190 Å². The van der Waals surface area contributed by atoms with Crippen LogP contribution in [0.3, 0.4) is 0 Å². The molecular formula is C21H11Cl4N3O2. The summed E-state index contributed by atoms with van der Waals surface area (Å²) in [5.74, 6) is 0.167. The first kappa shape index (κ1) is 20.7. The molecule has 0 radical (unpaired) electrons. The fraction of sp³-hybridized carbons (Fsp3) is 0. The van der Waals surface area contributed by atoms with Gasteiger partial charge in [-0.05, 0) is 36.4 Å². The van der Waals surface area contributed by atoms with Crippen molar-refractivity contribution in [1.29, 1.82) is 0 Å². The predicted molar refractivity (Wildman–Crippen MR) is 121 cm³/mol. The van der Waals surface area contributed by atoms with Gasteiger partial charge < -0.3 is 0 Å². The van der Waals surface area contributed by atoms with Crippen molar-refractivity contribution in [2.24, 2.45) is 0 Å². The number of hydrogen-bond acceptors (Lipinski definition) is 3. The average Bonchev–Trinajstić information content (AvgIpc) is 2.73. The standard InChI is InChI=1S/C21H11Cl4N3O2/c22-15-8-6-13(10-17(15)24)27-19(12-4-2-1-3-5-12)26-20(29)28(21(27)30)14-7-9-16(23)18(25)11-14/h1-11H. The Morgan fingerprint density at radius 1 is 0.633 bits per heavy atom. The van der Waals surface area contributed by atoms with Crippen molar-refractivity contribution >= 4 is 46.4 Å². The van der Waals surface area contributed by atoms with E-state index in [1.807, 2.05) is 6.07 Å². The molecule has 0 N–H and O–H groups in total. The monoisotopic (exact) mass is 477 g/mol. The molecule has 9 heteroatoms. The Kier molecular flexibility index (Phi) is 5.71. The van der Waals surface area contributed by atoms with Crippen molar-refractivity contribution in [3.05, 3.63) is 108 Å². The first-order chi connectivity index (χ1) is 14.4. The second-order valence-electron chi connectivity index (χ2n) is 6.23. The highest BCUT2D eigenvalue weighted by atomic mass is 35.5. The fourth-order valence-corrected chi connectivity index (χ4v) is 3.53. The molecule has 0 aliphatic rings. The maximum absolute atomic E-state index is 13.5. The smallest absolute Gasteiger partial charge is 0.247 e. The summed E-state index contributed by atoms with van der Waals surface area (Å²) in [4.78, 5) is 30.5. The van der Waals surface area contributed by atoms with E-state index in [4.69, 9.17) is 46.4 Å². The van der Waals surface area contributed by atoms with Crippen LogP contribution in [0.2, 0.25) is 20.1 Å². The van der Waals surface area contributed by atoms with Gasteiger partial charge >= 0.3 is 11.4 Å². The van der Waals surface area contributed by atoms with Crippen molar-refractivity contribution < 1.29 is 0 Å². The zero-order valence-corrected chi connectivity index (χ0v) is 18.0. The number of benzene rings is 3. The Morgan fingerprint density at radius 3 is 1.70 bits per heavy atom. The largest absolute Gasteiger partial charge is 0.358 e. The minimum Gasteiger partial charge on any atom is -0.247 e. The molecule has 0 spiro atoms. The van der Waals surface area contributed by atoms with E-state index in [0.29, 0.717) is 21.3 Å². The highest BCUT2D eigenvalue weighted by Crippen LogP contribution is 2.27. The van der Waals surface area contributed by atoms with Gasteiger partial charge in [0.15, 0.2) is 5.82 Å². The van der Waals surface area contributed by atoms with Gasteiger partial charge in [-0.1, -0.05) is 76.7 Å². The summed E-state index contributed by atoms with van der Waals surface area (Å²) < 4.78 is 2.21. The van der Waals surface area contributed by atoms with Crippen LogP contribution >= 0.6 is 46.4 Å². The zero-order valence-electron chi connectivity index (χ0n) is 15.0. The van der Waals surface area contributed by atoms with Crippen LogP contribution in [-0.2, 0) is 0 Å². The minimum absolute atomic E-state index is 0.167. The summed E-state index contributed by atoms with van der Waals surface area (Å²) in [6.45, 7) is 0. The molecule has 150 valence electrons. The molecule has 0 saturated heterocycles. The summed E-state index contributed by atoms with van der Waals surface area (Å²) in [6, 6.07) is 18.0. The molecule has 4 aromatic rings. The number of aromatic nitrogens is 3. The summed E-state index contributed by atoms with van der Waals surface area (Å²) in [7, 11) is 0. The van der Waals surface area contributed by atoms with Gasteiger partial charge in [0.1, 0.15) is 0 Å². The van der Waals surface area contributed by atoms with Gasteiger partial charge in [-0.3, -0.25) is 0 Å². The van der Waals surface area contributed by atoms with Gasteiger partial charge in [-0.15, -0.1) is 0 Å². The van der Waals surface area contributed by atoms with Crippen LogP contribution in [0.25, 0.3) is 22.8 Å². The van der Waals surface area contributed by atoms with Crippen LogP contribution in [-0.4, -0.2) is 14.1 Å². The maximum Gasteiger partial charge on any atom is 0.358 e. The van der Waals surface area contributed by atoms with Crippen molar-refractivity contribution in [3.8, 4) is 22.8 Å². The maximum atomic E-state index is 13.5. The third-order valence-electron chi connectivity index (χ3n) is 4.34. The molecule has 0 aliphatic carbocycles. The van der Waals surface area contributed by atoms with E-state index in [0.717, 1.165) is 4.57 Å². The summed E-state index contributed by atoms with van der Waals surface area (Å²) in [5, 5.41) is 1.09. The van der Waals surface area contributed by atoms with E-state index in [9.17, 15) is 9.59 Å². The second-order valence-corrected chi connectivity index (χ2v) is 7.86. The molecule has 0 bridgehead atoms. The van der Waals surface area contributed by atoms with Crippen LogP contribution < -0.4 is 11.4 Å². The second kappa shape index (κ2) is 8.28. The molecule has 0 saturated carbocycles. The van der Waals surface area contributed by atoms with Gasteiger partial charge in [-0.2, -0.15) is 4.98 Å². The normalized spacial score (nSPS) is 10.9. The SMILES string of the molecule is O=c1nc(-c2ccccc2)n(-c2ccc(Cl)c(Cl)c2)c(=O)n1-c1ccc(Cl)c(Cl)c1. The summed E-state index contributed by atoms with van der Waals surface area (Å²) in [6.07, 6.45) is 0. The third kappa shape index (κ3) is 3.77. The van der Waals surface area contributed by atoms with Gasteiger partial charge in [0.2, 0.25) is 0 Å². The molecule has 30 heavy (non-hydrogen) atoms. The average molecular weight is 479 g/mol. The van der Waals surface area contributed by atoms with Crippen LogP contribution in [0.5, 0.6) is 0 Å². The lowest BCUT2D eigenvalue weighted by Gasteiger charge is -2.15. The molecule has 3 aromatic carbocycles. The van der Waals surface area contributed by atoms with E-state index in [2.05, 4.69) is 4.98 Å². The van der Waals surface area contributed by atoms with Crippen molar-refractivity contribution in [2.45, 2.75) is 0 Å². The van der Waals surface area contributed by atoms with Crippen LogP contribution in [0.1, 0.15) is 0 Å². The molecule has 0 aliphatic heterocycles. The lowest BCUT2D eigenvalue weighted by molar-refractivity contribution is 0.755. The molecule has 0 atom stereocenters. The van der Waals surface area contributed by atoms with Crippen LogP contribution in [0.15, 0.2) is 76.3 Å². The molecule has 1 aromatic heterocycles. The van der Waals surface area contributed by atoms with Gasteiger partial charge in [-0.25, -0.2) is 18.7 Å². The van der Waals surface area contributed by atoms with Crippen molar-refractivity contribution in [3.63, 3.8) is 0 Å². The minimum atomic E-state index is -0.756. The first-order valence-corrected chi connectivity index (χ1v) is 10.1. The number of nitrogens with zero attached hydrogens (tertiary/aromatic N) is 3. The van der Waals surface area contributed by atoms with Gasteiger partial charge in [0, 0.05) is 5.56 Å². The molecule has 5 nitrogen and oxygen atoms in total. The van der Waals surface area contributed by atoms with Crippen molar-refractivity contribution in [1.82, 2.24) is 14.1 Å². The third-order valence-corrected chi connectivity index (χ3v) is 5.82. The molecule has 0 fully saturated rings. The zero-order chi connectivity index (χ0) is 21.4. The quantitative estimate of drug-likeness (QED) is 0.381. The first-order valence-electron chi connectivity index (χ1n) is 8.59. The lowest BCUT2D eigenvalue weighted by Crippen LogP contribution is -2.40. The van der Waals surface area contributed by atoms with E-state index in [1.54, 1.807) is 36.4 Å². The van der Waals surface area contributed by atoms with E-state index in [-0.39, 0.29) is 21.6 Å². The molecular weight excluding hydrogens is 468 g/mol. The molecule has 1 heterocycles. The van der Waals surface area contributed by atoms with Gasteiger partial charge in [0.25, 0.3) is 0 Å². The van der Waals surface area contributed by atoms with E-state index in [1.165, 1.54) is 28.8 Å². The fourth-order valence-electron chi connectivity index (χ4n) is 2.95.